The topological polar surface area (TPSA) is 101 Å². The largest absolute Gasteiger partial charge is 0.326 e. The number of benzene rings is 2. The molecule has 0 saturated carbocycles. The van der Waals surface area contributed by atoms with Crippen molar-refractivity contribution in [1.82, 2.24) is 0 Å². The standard InChI is InChI=1S/C18H18FN3O4/c1-2-3-4-17(23)20-13-7-5-12(6-8-13)18(24)21-16-11-14(22(25)26)9-10-15(16)19/h5-11H,2-4H2,1H3,(H,20,23)(H,21,24). The van der Waals surface area contributed by atoms with Crippen LogP contribution in [0.4, 0.5) is 21.5 Å². The lowest BCUT2D eigenvalue weighted by Crippen LogP contribution is -2.14. The highest BCUT2D eigenvalue weighted by Crippen LogP contribution is 2.22. The van der Waals surface area contributed by atoms with Gasteiger partial charge in [0, 0.05) is 29.8 Å². The van der Waals surface area contributed by atoms with Gasteiger partial charge in [0.1, 0.15) is 5.82 Å². The number of nitro benzene ring substituents is 1. The maximum atomic E-state index is 13.7. The lowest BCUT2D eigenvalue weighted by Gasteiger charge is -2.08. The second kappa shape index (κ2) is 8.70. The molecule has 0 atom stereocenters. The Hall–Kier alpha value is -3.29. The normalized spacial score (nSPS) is 10.2. The molecule has 2 aromatic rings. The number of nitro groups is 1. The van der Waals surface area contributed by atoms with Crippen molar-refractivity contribution in [3.8, 4) is 0 Å². The van der Waals surface area contributed by atoms with E-state index in [1.54, 1.807) is 12.1 Å². The Kier molecular flexibility index (Phi) is 6.37. The van der Waals surface area contributed by atoms with Crippen LogP contribution >= 0.6 is 0 Å². The van der Waals surface area contributed by atoms with Gasteiger partial charge in [0.25, 0.3) is 11.6 Å². The SMILES string of the molecule is CCCCC(=O)Nc1ccc(C(=O)Nc2cc([N+](=O)[O-])ccc2F)cc1. The second-order valence-electron chi connectivity index (χ2n) is 5.60. The number of hydrogen-bond acceptors (Lipinski definition) is 4. The fraction of sp³-hybridized carbons (Fsp3) is 0.222. The Labute approximate surface area is 149 Å². The van der Waals surface area contributed by atoms with Crippen LogP contribution in [0.3, 0.4) is 0 Å². The minimum Gasteiger partial charge on any atom is -0.326 e. The van der Waals surface area contributed by atoms with Crippen molar-refractivity contribution >= 4 is 28.9 Å². The molecule has 2 amide bonds. The lowest BCUT2D eigenvalue weighted by molar-refractivity contribution is -0.384. The molecule has 26 heavy (non-hydrogen) atoms. The van der Waals surface area contributed by atoms with Crippen molar-refractivity contribution in [2.24, 2.45) is 0 Å². The maximum absolute atomic E-state index is 13.7. The van der Waals surface area contributed by atoms with Crippen molar-refractivity contribution in [1.29, 1.82) is 0 Å². The summed E-state index contributed by atoms with van der Waals surface area (Å²) in [6, 6.07) is 8.95. The zero-order valence-electron chi connectivity index (χ0n) is 14.1. The summed E-state index contributed by atoms with van der Waals surface area (Å²) in [5.74, 6) is -1.50. The van der Waals surface area contributed by atoms with Crippen LogP contribution in [0, 0.1) is 15.9 Å². The highest BCUT2D eigenvalue weighted by Gasteiger charge is 2.14. The van der Waals surface area contributed by atoms with E-state index in [-0.39, 0.29) is 22.8 Å². The summed E-state index contributed by atoms with van der Waals surface area (Å²) >= 11 is 0. The molecular formula is C18H18FN3O4. The van der Waals surface area contributed by atoms with E-state index < -0.39 is 16.6 Å². The number of halogens is 1. The number of nitrogens with one attached hydrogen (secondary N) is 2. The van der Waals surface area contributed by atoms with E-state index in [0.29, 0.717) is 12.1 Å². The Bertz CT molecular complexity index is 822. The third kappa shape index (κ3) is 5.10. The number of amides is 2. The van der Waals surface area contributed by atoms with Crippen LogP contribution in [0.2, 0.25) is 0 Å². The van der Waals surface area contributed by atoms with E-state index >= 15 is 0 Å². The maximum Gasteiger partial charge on any atom is 0.271 e. The van der Waals surface area contributed by atoms with E-state index in [2.05, 4.69) is 10.6 Å². The summed E-state index contributed by atoms with van der Waals surface area (Å²) in [5.41, 5.74) is 0.166. The van der Waals surface area contributed by atoms with Gasteiger partial charge in [-0.25, -0.2) is 4.39 Å². The van der Waals surface area contributed by atoms with Crippen LogP contribution in [0.1, 0.15) is 36.5 Å². The molecule has 2 N–H and O–H groups in total. The minimum absolute atomic E-state index is 0.109. The van der Waals surface area contributed by atoms with Gasteiger partial charge in [0.05, 0.1) is 10.6 Å². The van der Waals surface area contributed by atoms with E-state index in [1.165, 1.54) is 12.1 Å². The summed E-state index contributed by atoms with van der Waals surface area (Å²) in [6.07, 6.45) is 2.13. The van der Waals surface area contributed by atoms with Gasteiger partial charge in [-0.05, 0) is 36.8 Å². The Morgan fingerprint density at radius 1 is 1.12 bits per heavy atom. The summed E-state index contributed by atoms with van der Waals surface area (Å²) < 4.78 is 13.7. The van der Waals surface area contributed by atoms with Gasteiger partial charge in [0.2, 0.25) is 5.91 Å². The number of nitrogens with zero attached hydrogens (tertiary/aromatic N) is 1. The zero-order chi connectivity index (χ0) is 19.1. The highest BCUT2D eigenvalue weighted by molar-refractivity contribution is 6.04. The first kappa shape index (κ1) is 19.0. The van der Waals surface area contributed by atoms with E-state index in [1.807, 2.05) is 6.92 Å². The van der Waals surface area contributed by atoms with Gasteiger partial charge in [0.15, 0.2) is 0 Å². The molecule has 2 rings (SSSR count). The quantitative estimate of drug-likeness (QED) is 0.573. The van der Waals surface area contributed by atoms with Crippen molar-refractivity contribution in [2.45, 2.75) is 26.2 Å². The first-order valence-corrected chi connectivity index (χ1v) is 8.06. The fourth-order valence-corrected chi connectivity index (χ4v) is 2.18. The number of hydrogen-bond donors (Lipinski definition) is 2. The van der Waals surface area contributed by atoms with E-state index in [4.69, 9.17) is 0 Å². The number of carbonyl (C=O) groups is 2. The van der Waals surface area contributed by atoms with Gasteiger partial charge in [-0.15, -0.1) is 0 Å². The van der Waals surface area contributed by atoms with Crippen molar-refractivity contribution in [3.63, 3.8) is 0 Å². The fourth-order valence-electron chi connectivity index (χ4n) is 2.18. The summed E-state index contributed by atoms with van der Waals surface area (Å²) in [4.78, 5) is 33.9. The smallest absolute Gasteiger partial charge is 0.271 e. The van der Waals surface area contributed by atoms with Crippen molar-refractivity contribution in [3.05, 3.63) is 64.0 Å². The molecule has 0 aliphatic heterocycles. The average Bonchev–Trinajstić information content (AvgIpc) is 2.62. The number of non-ortho nitro benzene ring substituents is 1. The molecule has 0 bridgehead atoms. The Balaban J connectivity index is 2.05. The molecule has 0 unspecified atom stereocenters. The summed E-state index contributed by atoms with van der Waals surface area (Å²) in [5, 5.41) is 15.8. The van der Waals surface area contributed by atoms with Crippen LogP contribution in [0.15, 0.2) is 42.5 Å². The van der Waals surface area contributed by atoms with Crippen LogP contribution in [-0.4, -0.2) is 16.7 Å². The number of anilines is 2. The first-order chi connectivity index (χ1) is 12.4. The molecule has 0 radical (unpaired) electrons. The van der Waals surface area contributed by atoms with Gasteiger partial charge in [-0.1, -0.05) is 13.3 Å². The molecule has 0 fully saturated rings. The third-order valence-electron chi connectivity index (χ3n) is 3.60. The molecule has 0 saturated heterocycles. The average molecular weight is 359 g/mol. The highest BCUT2D eigenvalue weighted by atomic mass is 19.1. The number of unbranched alkanes of at least 4 members (excludes halogenated alkanes) is 1. The summed E-state index contributed by atoms with van der Waals surface area (Å²) in [6.45, 7) is 1.99. The van der Waals surface area contributed by atoms with Crippen LogP contribution in [0.5, 0.6) is 0 Å². The molecule has 0 aliphatic carbocycles. The molecule has 7 nitrogen and oxygen atoms in total. The molecular weight excluding hydrogens is 341 g/mol. The Morgan fingerprint density at radius 3 is 2.42 bits per heavy atom. The molecule has 0 spiro atoms. The molecule has 136 valence electrons. The molecule has 0 aromatic heterocycles. The van der Waals surface area contributed by atoms with E-state index in [9.17, 15) is 24.1 Å². The van der Waals surface area contributed by atoms with Crippen molar-refractivity contribution in [2.75, 3.05) is 10.6 Å². The second-order valence-corrected chi connectivity index (χ2v) is 5.60. The molecule has 0 aliphatic rings. The van der Waals surface area contributed by atoms with Crippen LogP contribution < -0.4 is 10.6 Å². The van der Waals surface area contributed by atoms with Crippen LogP contribution in [0.25, 0.3) is 0 Å². The monoisotopic (exact) mass is 359 g/mol. The van der Waals surface area contributed by atoms with Gasteiger partial charge in [-0.2, -0.15) is 0 Å². The predicted molar refractivity (Wildman–Crippen MR) is 95.6 cm³/mol. The minimum atomic E-state index is -0.774. The van der Waals surface area contributed by atoms with Crippen LogP contribution in [-0.2, 0) is 4.79 Å². The van der Waals surface area contributed by atoms with Crippen molar-refractivity contribution < 1.29 is 18.9 Å². The zero-order valence-corrected chi connectivity index (χ0v) is 14.1. The first-order valence-electron chi connectivity index (χ1n) is 8.06. The number of rotatable bonds is 7. The van der Waals surface area contributed by atoms with Gasteiger partial charge in [-0.3, -0.25) is 19.7 Å². The number of carbonyl (C=O) groups excluding carboxylic acids is 2. The predicted octanol–water partition coefficient (Wildman–Crippen LogP) is 4.11. The third-order valence-corrected chi connectivity index (χ3v) is 3.60. The Morgan fingerprint density at radius 2 is 1.81 bits per heavy atom. The summed E-state index contributed by atoms with van der Waals surface area (Å²) in [7, 11) is 0. The molecule has 8 heteroatoms. The molecule has 0 heterocycles. The molecule has 2 aromatic carbocycles. The van der Waals surface area contributed by atoms with Gasteiger partial charge < -0.3 is 10.6 Å². The van der Waals surface area contributed by atoms with Gasteiger partial charge >= 0.3 is 0 Å². The lowest BCUT2D eigenvalue weighted by atomic mass is 10.1. The van der Waals surface area contributed by atoms with E-state index in [0.717, 1.165) is 31.0 Å².